The van der Waals surface area contributed by atoms with Crippen LogP contribution in [0.5, 0.6) is 5.75 Å². The Morgan fingerprint density at radius 3 is 2.61 bits per heavy atom. The number of fused-ring (bicyclic) bond motifs is 2. The van der Waals surface area contributed by atoms with Crippen molar-refractivity contribution in [3.8, 4) is 5.75 Å². The largest absolute Gasteiger partial charge is 0.508 e. The van der Waals surface area contributed by atoms with Gasteiger partial charge in [0.25, 0.3) is 0 Å². The van der Waals surface area contributed by atoms with Crippen molar-refractivity contribution < 1.29 is 20.1 Å². The average Bonchev–Trinajstić information content (AvgIpc) is 3.25. The molecule has 5 atom stereocenters. The Hall–Kier alpha value is -2.94. The molecule has 5 N–H and O–H groups in total. The molecule has 3 aromatic rings. The third-order valence-electron chi connectivity index (χ3n) is 8.44. The molecule has 0 spiro atoms. The number of aromatic hydroxyl groups is 1. The number of anilines is 3. The van der Waals surface area contributed by atoms with Crippen LogP contribution in [0.2, 0.25) is 0 Å². The third-order valence-corrected chi connectivity index (χ3v) is 9.45. The summed E-state index contributed by atoms with van der Waals surface area (Å²) >= 11 is 1.58. The van der Waals surface area contributed by atoms with Crippen LogP contribution >= 0.6 is 11.3 Å². The fourth-order valence-electron chi connectivity index (χ4n) is 6.33. The number of carbonyl (C=O) groups excluding carboxylic acids is 1. The lowest BCUT2D eigenvalue weighted by Crippen LogP contribution is -2.57. The number of rotatable bonds is 6. The van der Waals surface area contributed by atoms with Gasteiger partial charge in [-0.25, -0.2) is 4.98 Å². The topological polar surface area (TPSA) is 115 Å². The first-order valence-corrected chi connectivity index (χ1v) is 13.2. The van der Waals surface area contributed by atoms with E-state index in [4.69, 9.17) is 4.98 Å². The van der Waals surface area contributed by atoms with Crippen molar-refractivity contribution in [1.29, 1.82) is 0 Å². The molecule has 5 unspecified atom stereocenters. The molecule has 1 amide bonds. The molecule has 1 heterocycles. The highest BCUT2D eigenvalue weighted by Crippen LogP contribution is 2.63. The fraction of sp³-hybridized carbons (Fsp3) is 0.429. The van der Waals surface area contributed by atoms with Crippen molar-refractivity contribution in [1.82, 2.24) is 4.98 Å². The zero-order chi connectivity index (χ0) is 25.5. The number of carbonyl (C=O) groups is 1. The normalized spacial score (nSPS) is 29.2. The lowest BCUT2D eigenvalue weighted by atomic mass is 9.47. The van der Waals surface area contributed by atoms with E-state index >= 15 is 0 Å². The third kappa shape index (κ3) is 4.38. The van der Waals surface area contributed by atoms with Gasteiger partial charge in [0.1, 0.15) is 5.75 Å². The molecule has 0 aliphatic heterocycles. The Labute approximate surface area is 215 Å². The van der Waals surface area contributed by atoms with Crippen molar-refractivity contribution in [2.24, 2.45) is 16.7 Å². The SMILES string of the molecule is CC1(CO)C(O)CCC2(C)C(CC(=O)Nc3cccc(O)c3)c3nc(Nc4ccccc4)sc3CC12. The molecular weight excluding hydrogens is 474 g/mol. The zero-order valence-corrected chi connectivity index (χ0v) is 21.4. The van der Waals surface area contributed by atoms with Gasteiger partial charge in [-0.1, -0.05) is 38.1 Å². The number of aliphatic hydroxyl groups is 2. The minimum atomic E-state index is -0.665. The lowest BCUT2D eigenvalue weighted by molar-refractivity contribution is -0.143. The van der Waals surface area contributed by atoms with Gasteiger partial charge >= 0.3 is 0 Å². The van der Waals surface area contributed by atoms with Crippen LogP contribution in [0.15, 0.2) is 54.6 Å². The first-order valence-electron chi connectivity index (χ1n) is 12.4. The van der Waals surface area contributed by atoms with E-state index in [9.17, 15) is 20.1 Å². The molecule has 1 saturated carbocycles. The highest BCUT2D eigenvalue weighted by atomic mass is 32.1. The van der Waals surface area contributed by atoms with E-state index in [1.165, 1.54) is 6.07 Å². The highest BCUT2D eigenvalue weighted by molar-refractivity contribution is 7.15. The van der Waals surface area contributed by atoms with Gasteiger partial charge in [-0.15, -0.1) is 11.3 Å². The van der Waals surface area contributed by atoms with Gasteiger partial charge in [0.2, 0.25) is 5.91 Å². The van der Waals surface area contributed by atoms with Crippen LogP contribution in [-0.4, -0.2) is 38.9 Å². The molecule has 0 bridgehead atoms. The molecule has 2 aliphatic rings. The van der Waals surface area contributed by atoms with E-state index in [0.29, 0.717) is 18.5 Å². The number of nitrogens with zero attached hydrogens (tertiary/aromatic N) is 1. The second-order valence-corrected chi connectivity index (χ2v) is 11.7. The Kier molecular flexibility index (Phi) is 6.53. The Bertz CT molecular complexity index is 1250. The Balaban J connectivity index is 1.51. The first-order chi connectivity index (χ1) is 17.2. The predicted molar refractivity (Wildman–Crippen MR) is 142 cm³/mol. The molecular formula is C28H33N3O4S. The van der Waals surface area contributed by atoms with Crippen molar-refractivity contribution in [3.63, 3.8) is 0 Å². The summed E-state index contributed by atoms with van der Waals surface area (Å²) in [7, 11) is 0. The van der Waals surface area contributed by atoms with Gasteiger partial charge in [-0.3, -0.25) is 4.79 Å². The van der Waals surface area contributed by atoms with Crippen molar-refractivity contribution in [3.05, 3.63) is 65.2 Å². The number of aromatic nitrogens is 1. The first kappa shape index (κ1) is 24.7. The Morgan fingerprint density at radius 2 is 1.89 bits per heavy atom. The molecule has 8 heteroatoms. The number of nitrogens with one attached hydrogen (secondary N) is 2. The van der Waals surface area contributed by atoms with E-state index in [2.05, 4.69) is 17.6 Å². The number of phenolic OH excluding ortho intramolecular Hbond substituents is 1. The number of amides is 1. The summed E-state index contributed by atoms with van der Waals surface area (Å²) in [5.41, 5.74) is 1.43. The maximum Gasteiger partial charge on any atom is 0.225 e. The van der Waals surface area contributed by atoms with Gasteiger partial charge in [0.15, 0.2) is 5.13 Å². The molecule has 0 saturated heterocycles. The fourth-order valence-corrected chi connectivity index (χ4v) is 7.41. The van der Waals surface area contributed by atoms with E-state index in [-0.39, 0.29) is 41.9 Å². The van der Waals surface area contributed by atoms with Gasteiger partial charge in [0, 0.05) is 40.1 Å². The second kappa shape index (κ2) is 9.50. The number of hydrogen-bond acceptors (Lipinski definition) is 7. The standard InChI is InChI=1S/C28H33N3O4S/c1-27-12-11-23(34)28(2,16-32)22(27)15-21-25(31-26(36-21)30-17-7-4-3-5-8-17)20(27)14-24(35)29-18-9-6-10-19(33)13-18/h3-10,13,20,22-23,32-34H,11-12,14-16H2,1-2H3,(H,29,35)(H,30,31). The number of thiazole rings is 1. The van der Waals surface area contributed by atoms with E-state index in [0.717, 1.165) is 27.8 Å². The summed E-state index contributed by atoms with van der Waals surface area (Å²) in [6.45, 7) is 4.05. The Morgan fingerprint density at radius 1 is 1.14 bits per heavy atom. The summed E-state index contributed by atoms with van der Waals surface area (Å²) < 4.78 is 0. The van der Waals surface area contributed by atoms with Crippen molar-refractivity contribution >= 4 is 33.8 Å². The molecule has 0 radical (unpaired) electrons. The molecule has 5 rings (SSSR count). The van der Waals surface area contributed by atoms with Crippen LogP contribution in [0.4, 0.5) is 16.5 Å². The van der Waals surface area contributed by atoms with Crippen LogP contribution in [-0.2, 0) is 11.2 Å². The van der Waals surface area contributed by atoms with Crippen LogP contribution in [0.3, 0.4) is 0 Å². The lowest BCUT2D eigenvalue weighted by Gasteiger charge is -2.58. The summed E-state index contributed by atoms with van der Waals surface area (Å²) in [6, 6.07) is 16.4. The molecule has 1 fully saturated rings. The number of aliphatic hydroxyl groups excluding tert-OH is 2. The van der Waals surface area contributed by atoms with Crippen molar-refractivity contribution in [2.45, 2.75) is 51.6 Å². The minimum Gasteiger partial charge on any atom is -0.508 e. The smallest absolute Gasteiger partial charge is 0.225 e. The molecule has 2 aromatic carbocycles. The van der Waals surface area contributed by atoms with Gasteiger partial charge in [-0.05, 0) is 54.9 Å². The summed E-state index contributed by atoms with van der Waals surface area (Å²) in [6.07, 6.45) is 1.65. The van der Waals surface area contributed by atoms with Gasteiger partial charge < -0.3 is 26.0 Å². The number of phenols is 1. The average molecular weight is 508 g/mol. The van der Waals surface area contributed by atoms with E-state index < -0.39 is 11.5 Å². The van der Waals surface area contributed by atoms with E-state index in [1.807, 2.05) is 37.3 Å². The predicted octanol–water partition coefficient (Wildman–Crippen LogP) is 5.04. The number of para-hydroxylation sites is 1. The summed E-state index contributed by atoms with van der Waals surface area (Å²) in [4.78, 5) is 19.4. The van der Waals surface area contributed by atoms with Crippen LogP contribution in [0.25, 0.3) is 0 Å². The van der Waals surface area contributed by atoms with Crippen molar-refractivity contribution in [2.75, 3.05) is 17.2 Å². The van der Waals surface area contributed by atoms with E-state index in [1.54, 1.807) is 29.5 Å². The minimum absolute atomic E-state index is 0.00477. The van der Waals surface area contributed by atoms with Gasteiger partial charge in [0.05, 0.1) is 18.4 Å². The maximum atomic E-state index is 13.3. The quantitative estimate of drug-likeness (QED) is 0.319. The number of benzene rings is 2. The van der Waals surface area contributed by atoms with Crippen LogP contribution in [0.1, 0.15) is 49.6 Å². The maximum absolute atomic E-state index is 13.3. The summed E-state index contributed by atoms with van der Waals surface area (Å²) in [5.74, 6) is -0.240. The molecule has 7 nitrogen and oxygen atoms in total. The van der Waals surface area contributed by atoms with Crippen LogP contribution < -0.4 is 10.6 Å². The highest BCUT2D eigenvalue weighted by Gasteiger charge is 2.59. The number of hydrogen-bond donors (Lipinski definition) is 5. The molecule has 2 aliphatic carbocycles. The molecule has 190 valence electrons. The second-order valence-electron chi connectivity index (χ2n) is 10.7. The summed E-state index contributed by atoms with van der Waals surface area (Å²) in [5, 5.41) is 38.2. The zero-order valence-electron chi connectivity index (χ0n) is 20.6. The van der Waals surface area contributed by atoms with Crippen LogP contribution in [0, 0.1) is 16.7 Å². The monoisotopic (exact) mass is 507 g/mol. The molecule has 1 aromatic heterocycles. The van der Waals surface area contributed by atoms with Gasteiger partial charge in [-0.2, -0.15) is 0 Å². The molecule has 36 heavy (non-hydrogen) atoms.